The molecule has 0 aromatic carbocycles. The Morgan fingerprint density at radius 3 is 2.76 bits per heavy atom. The standard InChI is InChI=1S/C15H18N6/c1-11-3-5-16-13(9-11)17-7-8-18-15-10-12(2)20-14-4-6-19-21(14)15/h3-6,9-10,18H,7-8H2,1-2H3,(H,16,17). The van der Waals surface area contributed by atoms with Gasteiger partial charge in [0.2, 0.25) is 0 Å². The van der Waals surface area contributed by atoms with Gasteiger partial charge in [0.1, 0.15) is 11.6 Å². The van der Waals surface area contributed by atoms with Crippen molar-refractivity contribution in [2.45, 2.75) is 13.8 Å². The Bertz CT molecular complexity index is 749. The number of nitrogens with one attached hydrogen (secondary N) is 2. The Morgan fingerprint density at radius 2 is 1.90 bits per heavy atom. The van der Waals surface area contributed by atoms with Crippen LogP contribution in [0.4, 0.5) is 11.6 Å². The van der Waals surface area contributed by atoms with Crippen LogP contribution in [-0.2, 0) is 0 Å². The van der Waals surface area contributed by atoms with Crippen LogP contribution in [0.15, 0.2) is 36.7 Å². The van der Waals surface area contributed by atoms with E-state index in [-0.39, 0.29) is 0 Å². The second kappa shape index (κ2) is 5.78. The van der Waals surface area contributed by atoms with Gasteiger partial charge < -0.3 is 10.6 Å². The monoisotopic (exact) mass is 282 g/mol. The van der Waals surface area contributed by atoms with Crippen LogP contribution >= 0.6 is 0 Å². The normalized spacial score (nSPS) is 10.8. The van der Waals surface area contributed by atoms with Crippen LogP contribution < -0.4 is 10.6 Å². The lowest BCUT2D eigenvalue weighted by atomic mass is 10.3. The molecule has 0 spiro atoms. The van der Waals surface area contributed by atoms with Crippen LogP contribution in [0.1, 0.15) is 11.3 Å². The van der Waals surface area contributed by atoms with Gasteiger partial charge in [-0.1, -0.05) is 0 Å². The van der Waals surface area contributed by atoms with Crippen molar-refractivity contribution in [3.05, 3.63) is 47.9 Å². The molecule has 0 fully saturated rings. The minimum atomic E-state index is 0.772. The number of hydrogen-bond acceptors (Lipinski definition) is 5. The third-order valence-corrected chi connectivity index (χ3v) is 3.14. The number of anilines is 2. The molecule has 0 atom stereocenters. The highest BCUT2D eigenvalue weighted by Crippen LogP contribution is 2.11. The molecule has 0 aliphatic carbocycles. The molecule has 3 aromatic heterocycles. The molecule has 21 heavy (non-hydrogen) atoms. The molecule has 0 aliphatic heterocycles. The first kappa shape index (κ1) is 13.4. The smallest absolute Gasteiger partial charge is 0.157 e. The van der Waals surface area contributed by atoms with Crippen molar-refractivity contribution in [2.24, 2.45) is 0 Å². The molecular weight excluding hydrogens is 264 g/mol. The van der Waals surface area contributed by atoms with Crippen molar-refractivity contribution >= 4 is 17.3 Å². The van der Waals surface area contributed by atoms with E-state index in [1.165, 1.54) is 5.56 Å². The topological polar surface area (TPSA) is 67.1 Å². The zero-order valence-corrected chi connectivity index (χ0v) is 12.2. The average molecular weight is 282 g/mol. The van der Waals surface area contributed by atoms with Crippen molar-refractivity contribution in [1.82, 2.24) is 19.6 Å². The van der Waals surface area contributed by atoms with Crippen molar-refractivity contribution in [2.75, 3.05) is 23.7 Å². The van der Waals surface area contributed by atoms with Gasteiger partial charge >= 0.3 is 0 Å². The summed E-state index contributed by atoms with van der Waals surface area (Å²) in [5.41, 5.74) is 3.02. The molecular formula is C15H18N6. The van der Waals surface area contributed by atoms with Gasteiger partial charge in [-0.05, 0) is 31.5 Å². The van der Waals surface area contributed by atoms with Gasteiger partial charge in [-0.2, -0.15) is 9.61 Å². The number of rotatable bonds is 5. The van der Waals surface area contributed by atoms with Gasteiger partial charge in [0.15, 0.2) is 5.65 Å². The zero-order chi connectivity index (χ0) is 14.7. The van der Waals surface area contributed by atoms with Crippen molar-refractivity contribution in [3.63, 3.8) is 0 Å². The predicted octanol–water partition coefficient (Wildman–Crippen LogP) is 2.27. The molecule has 0 radical (unpaired) electrons. The predicted molar refractivity (Wildman–Crippen MR) is 83.7 cm³/mol. The van der Waals surface area contributed by atoms with Crippen LogP contribution in [0.2, 0.25) is 0 Å². The van der Waals surface area contributed by atoms with Crippen LogP contribution in [0, 0.1) is 13.8 Å². The minimum Gasteiger partial charge on any atom is -0.368 e. The molecule has 0 aliphatic rings. The summed E-state index contributed by atoms with van der Waals surface area (Å²) in [6, 6.07) is 7.90. The minimum absolute atomic E-state index is 0.772. The van der Waals surface area contributed by atoms with E-state index in [2.05, 4.69) is 32.6 Å². The summed E-state index contributed by atoms with van der Waals surface area (Å²) >= 11 is 0. The van der Waals surface area contributed by atoms with E-state index in [1.54, 1.807) is 10.7 Å². The highest BCUT2D eigenvalue weighted by molar-refractivity contribution is 5.49. The summed E-state index contributed by atoms with van der Waals surface area (Å²) in [6.45, 7) is 5.58. The van der Waals surface area contributed by atoms with E-state index >= 15 is 0 Å². The molecule has 3 aromatic rings. The molecule has 3 heterocycles. The largest absolute Gasteiger partial charge is 0.368 e. The fourth-order valence-corrected chi connectivity index (χ4v) is 2.18. The molecule has 0 amide bonds. The summed E-state index contributed by atoms with van der Waals surface area (Å²) < 4.78 is 1.80. The van der Waals surface area contributed by atoms with E-state index in [9.17, 15) is 0 Å². The zero-order valence-electron chi connectivity index (χ0n) is 12.2. The number of hydrogen-bond donors (Lipinski definition) is 2. The Labute approximate surface area is 123 Å². The number of fused-ring (bicyclic) bond motifs is 1. The lowest BCUT2D eigenvalue weighted by Gasteiger charge is -2.10. The maximum atomic E-state index is 4.42. The molecule has 6 nitrogen and oxygen atoms in total. The van der Waals surface area contributed by atoms with Crippen LogP contribution in [0.25, 0.3) is 5.65 Å². The number of pyridine rings is 1. The third-order valence-electron chi connectivity index (χ3n) is 3.14. The molecule has 0 saturated carbocycles. The van der Waals surface area contributed by atoms with Gasteiger partial charge in [-0.25, -0.2) is 9.97 Å². The second-order valence-electron chi connectivity index (χ2n) is 4.96. The Hall–Kier alpha value is -2.63. The number of aromatic nitrogens is 4. The third kappa shape index (κ3) is 3.10. The fraction of sp³-hybridized carbons (Fsp3) is 0.267. The molecule has 6 heteroatoms. The molecule has 2 N–H and O–H groups in total. The van der Waals surface area contributed by atoms with Crippen molar-refractivity contribution < 1.29 is 0 Å². The summed E-state index contributed by atoms with van der Waals surface area (Å²) in [7, 11) is 0. The Kier molecular flexibility index (Phi) is 3.68. The Morgan fingerprint density at radius 1 is 1.05 bits per heavy atom. The molecule has 108 valence electrons. The van der Waals surface area contributed by atoms with Gasteiger partial charge in [-0.15, -0.1) is 0 Å². The first-order valence-corrected chi connectivity index (χ1v) is 6.94. The number of nitrogens with zero attached hydrogens (tertiary/aromatic N) is 4. The van der Waals surface area contributed by atoms with Crippen LogP contribution in [0.3, 0.4) is 0 Å². The molecule has 0 unspecified atom stereocenters. The Balaban J connectivity index is 1.61. The lowest BCUT2D eigenvalue weighted by molar-refractivity contribution is 0.914. The van der Waals surface area contributed by atoms with Gasteiger partial charge in [0.05, 0.1) is 6.20 Å². The van der Waals surface area contributed by atoms with Crippen LogP contribution in [-0.4, -0.2) is 32.7 Å². The van der Waals surface area contributed by atoms with E-state index in [1.807, 2.05) is 37.4 Å². The van der Waals surface area contributed by atoms with Gasteiger partial charge in [0, 0.05) is 37.1 Å². The summed E-state index contributed by atoms with van der Waals surface area (Å²) in [6.07, 6.45) is 3.56. The number of aryl methyl sites for hydroxylation is 2. The molecule has 0 saturated heterocycles. The van der Waals surface area contributed by atoms with Gasteiger partial charge in [-0.3, -0.25) is 0 Å². The highest BCUT2D eigenvalue weighted by Gasteiger charge is 2.03. The van der Waals surface area contributed by atoms with Crippen molar-refractivity contribution in [1.29, 1.82) is 0 Å². The first-order valence-electron chi connectivity index (χ1n) is 6.94. The van der Waals surface area contributed by atoms with E-state index in [0.29, 0.717) is 0 Å². The first-order chi connectivity index (χ1) is 10.2. The summed E-state index contributed by atoms with van der Waals surface area (Å²) in [5.74, 6) is 1.84. The summed E-state index contributed by atoms with van der Waals surface area (Å²) in [5, 5.41) is 10.9. The quantitative estimate of drug-likeness (QED) is 0.703. The average Bonchev–Trinajstić information content (AvgIpc) is 2.91. The van der Waals surface area contributed by atoms with Crippen LogP contribution in [0.5, 0.6) is 0 Å². The second-order valence-corrected chi connectivity index (χ2v) is 4.96. The van der Waals surface area contributed by atoms with Crippen molar-refractivity contribution in [3.8, 4) is 0 Å². The molecule has 3 rings (SSSR count). The molecule has 0 bridgehead atoms. The SMILES string of the molecule is Cc1ccnc(NCCNc2cc(C)nc3ccnn23)c1. The maximum absolute atomic E-state index is 4.42. The van der Waals surface area contributed by atoms with E-state index in [0.717, 1.165) is 36.1 Å². The highest BCUT2D eigenvalue weighted by atomic mass is 15.3. The van der Waals surface area contributed by atoms with E-state index in [4.69, 9.17) is 0 Å². The van der Waals surface area contributed by atoms with Gasteiger partial charge in [0.25, 0.3) is 0 Å². The lowest BCUT2D eigenvalue weighted by Crippen LogP contribution is -2.16. The van der Waals surface area contributed by atoms with E-state index < -0.39 is 0 Å². The fourth-order valence-electron chi connectivity index (χ4n) is 2.18. The summed E-state index contributed by atoms with van der Waals surface area (Å²) in [4.78, 5) is 8.69. The maximum Gasteiger partial charge on any atom is 0.157 e.